The fourth-order valence-corrected chi connectivity index (χ4v) is 3.14. The van der Waals surface area contributed by atoms with Crippen LogP contribution in [0, 0.1) is 0 Å². The summed E-state index contributed by atoms with van der Waals surface area (Å²) in [5, 5.41) is 67.6. The molecular weight excluding hydrogens is 438 g/mol. The zero-order valence-corrected chi connectivity index (χ0v) is 16.3. The minimum Gasteiger partial charge on any atom is -0.461 e. The molecule has 178 valence electrons. The molecule has 16 nitrogen and oxygen atoms in total. The summed E-state index contributed by atoms with van der Waals surface area (Å²) in [7, 11) is 0. The van der Waals surface area contributed by atoms with Gasteiger partial charge in [0.2, 0.25) is 5.95 Å². The van der Waals surface area contributed by atoms with Gasteiger partial charge in [0.25, 0.3) is 5.56 Å². The Kier molecular flexibility index (Phi) is 7.06. The van der Waals surface area contributed by atoms with Crippen LogP contribution in [0.2, 0.25) is 0 Å². The number of aliphatic hydroxyl groups is 7. The Morgan fingerprint density at radius 3 is 2.59 bits per heavy atom. The van der Waals surface area contributed by atoms with Crippen LogP contribution in [0.3, 0.4) is 0 Å². The van der Waals surface area contributed by atoms with Crippen molar-refractivity contribution in [2.75, 3.05) is 18.9 Å². The average Bonchev–Trinajstić information content (AvgIpc) is 3.31. The van der Waals surface area contributed by atoms with Crippen molar-refractivity contribution in [3.63, 3.8) is 0 Å². The molecule has 32 heavy (non-hydrogen) atoms. The predicted octanol–water partition coefficient (Wildman–Crippen LogP) is -5.70. The number of nitrogens with two attached hydrogens (primary N) is 1. The lowest BCUT2D eigenvalue weighted by Gasteiger charge is -2.25. The first-order chi connectivity index (χ1) is 15.1. The maximum absolute atomic E-state index is 11.9. The second-order valence-electron chi connectivity index (χ2n) is 7.13. The van der Waals surface area contributed by atoms with Gasteiger partial charge in [0.15, 0.2) is 23.5 Å². The Bertz CT molecular complexity index is 1010. The zero-order chi connectivity index (χ0) is 23.7. The summed E-state index contributed by atoms with van der Waals surface area (Å²) in [6.45, 7) is -1.62. The van der Waals surface area contributed by atoms with E-state index in [1.807, 2.05) is 0 Å². The first-order valence-electron chi connectivity index (χ1n) is 9.30. The molecule has 2 aromatic heterocycles. The van der Waals surface area contributed by atoms with Gasteiger partial charge in [0.1, 0.15) is 43.2 Å². The van der Waals surface area contributed by atoms with Gasteiger partial charge in [-0.15, -0.1) is 0 Å². The van der Waals surface area contributed by atoms with Gasteiger partial charge >= 0.3 is 5.97 Å². The van der Waals surface area contributed by atoms with Crippen LogP contribution in [0.4, 0.5) is 5.95 Å². The van der Waals surface area contributed by atoms with Crippen LogP contribution in [0.1, 0.15) is 6.23 Å². The Morgan fingerprint density at radius 2 is 1.94 bits per heavy atom. The molecule has 8 atom stereocenters. The molecule has 3 rings (SSSR count). The lowest BCUT2D eigenvalue weighted by atomic mass is 10.0. The quantitative estimate of drug-likeness (QED) is 0.166. The SMILES string of the molecule is Nc1nc2c(ncn2[C@@H]2O[C@H](COC(=O)[C@H](O)[C@@H](O)[C@H](O)[C@H](O)CO)[C@@H](O)[C@H]2O)c(=O)[nH]1. The molecule has 3 heterocycles. The van der Waals surface area contributed by atoms with E-state index in [1.54, 1.807) is 0 Å². The average molecular weight is 461 g/mol. The number of aromatic nitrogens is 4. The number of nitrogens with zero attached hydrogens (tertiary/aromatic N) is 3. The number of hydrogen-bond donors (Lipinski definition) is 9. The topological polar surface area (TPSA) is 267 Å². The van der Waals surface area contributed by atoms with Crippen LogP contribution >= 0.6 is 0 Å². The third-order valence-corrected chi connectivity index (χ3v) is 4.95. The molecule has 0 saturated carbocycles. The smallest absolute Gasteiger partial charge is 0.337 e. The Hall–Kier alpha value is -2.70. The molecule has 0 bridgehead atoms. The van der Waals surface area contributed by atoms with Crippen LogP contribution in [0.25, 0.3) is 11.2 Å². The van der Waals surface area contributed by atoms with Crippen LogP contribution in [0.5, 0.6) is 0 Å². The van der Waals surface area contributed by atoms with Gasteiger partial charge < -0.3 is 51.0 Å². The maximum atomic E-state index is 11.9. The highest BCUT2D eigenvalue weighted by molar-refractivity contribution is 5.75. The Labute approximate surface area is 178 Å². The standard InChI is InChI=1S/C16H23N5O11/c17-16-19-12-6(13(29)20-16)18-3-21(12)14-10(27)8(25)5(32-14)2-31-15(30)11(28)9(26)7(24)4(23)1-22/h3-5,7-11,14,22-28H,1-2H2,(H3,17,19,20,29)/t4-,5-,7-,8-,9+,10-,11-,14-/m1/s1. The number of nitrogens with one attached hydrogen (secondary N) is 1. The van der Waals surface area contributed by atoms with Crippen LogP contribution in [-0.2, 0) is 14.3 Å². The van der Waals surface area contributed by atoms with E-state index >= 15 is 0 Å². The van der Waals surface area contributed by atoms with Gasteiger partial charge in [-0.25, -0.2) is 9.78 Å². The molecule has 0 aliphatic carbocycles. The number of H-pyrrole nitrogens is 1. The molecule has 0 amide bonds. The second kappa shape index (κ2) is 9.43. The molecule has 0 spiro atoms. The summed E-state index contributed by atoms with van der Waals surface area (Å²) in [5.74, 6) is -1.65. The molecule has 16 heteroatoms. The van der Waals surface area contributed by atoms with Crippen LogP contribution < -0.4 is 11.3 Å². The number of esters is 1. The lowest BCUT2D eigenvalue weighted by molar-refractivity contribution is -0.175. The number of anilines is 1. The number of ether oxygens (including phenoxy) is 2. The van der Waals surface area contributed by atoms with Crippen molar-refractivity contribution in [2.45, 2.75) is 49.0 Å². The number of imidazole rings is 1. The van der Waals surface area contributed by atoms with Crippen molar-refractivity contribution in [2.24, 2.45) is 0 Å². The second-order valence-corrected chi connectivity index (χ2v) is 7.13. The molecule has 1 aliphatic rings. The van der Waals surface area contributed by atoms with E-state index < -0.39 is 73.7 Å². The third kappa shape index (κ3) is 4.43. The highest BCUT2D eigenvalue weighted by Gasteiger charge is 2.45. The summed E-state index contributed by atoms with van der Waals surface area (Å²) in [4.78, 5) is 33.9. The fourth-order valence-electron chi connectivity index (χ4n) is 3.14. The number of hydrogen-bond acceptors (Lipinski definition) is 14. The van der Waals surface area contributed by atoms with Gasteiger partial charge in [-0.05, 0) is 0 Å². The number of nitrogen functional groups attached to an aromatic ring is 1. The summed E-state index contributed by atoms with van der Waals surface area (Å²) in [6, 6.07) is 0. The lowest BCUT2D eigenvalue weighted by Crippen LogP contribution is -2.49. The van der Waals surface area contributed by atoms with E-state index in [-0.39, 0.29) is 17.1 Å². The van der Waals surface area contributed by atoms with E-state index in [4.69, 9.17) is 20.3 Å². The molecule has 1 saturated heterocycles. The molecular formula is C16H23N5O11. The van der Waals surface area contributed by atoms with Crippen molar-refractivity contribution in [1.82, 2.24) is 19.5 Å². The number of aliphatic hydroxyl groups excluding tert-OH is 7. The van der Waals surface area contributed by atoms with E-state index in [1.165, 1.54) is 0 Å². The summed E-state index contributed by atoms with van der Waals surface area (Å²) >= 11 is 0. The van der Waals surface area contributed by atoms with Crippen LogP contribution in [0.15, 0.2) is 11.1 Å². The summed E-state index contributed by atoms with van der Waals surface area (Å²) < 4.78 is 11.4. The van der Waals surface area contributed by atoms with Gasteiger partial charge in [0, 0.05) is 0 Å². The number of aromatic amines is 1. The molecule has 0 radical (unpaired) electrons. The Morgan fingerprint density at radius 1 is 1.25 bits per heavy atom. The minimum absolute atomic E-state index is 0.0323. The number of carbonyl (C=O) groups excluding carboxylic acids is 1. The molecule has 2 aromatic rings. The van der Waals surface area contributed by atoms with Gasteiger partial charge in [-0.1, -0.05) is 0 Å². The highest BCUT2D eigenvalue weighted by Crippen LogP contribution is 2.31. The molecule has 0 aromatic carbocycles. The fraction of sp³-hybridized carbons (Fsp3) is 0.625. The van der Waals surface area contributed by atoms with Crippen molar-refractivity contribution < 1.29 is 50.0 Å². The molecule has 1 fully saturated rings. The Balaban J connectivity index is 1.67. The summed E-state index contributed by atoms with van der Waals surface area (Å²) in [5.41, 5.74) is 4.75. The third-order valence-electron chi connectivity index (χ3n) is 4.95. The van der Waals surface area contributed by atoms with Gasteiger partial charge in [0.05, 0.1) is 12.9 Å². The van der Waals surface area contributed by atoms with Crippen molar-refractivity contribution in [3.8, 4) is 0 Å². The van der Waals surface area contributed by atoms with Crippen LogP contribution in [-0.4, -0.2) is 117 Å². The molecule has 10 N–H and O–H groups in total. The van der Waals surface area contributed by atoms with E-state index in [0.717, 1.165) is 10.9 Å². The minimum atomic E-state index is -2.29. The number of fused-ring (bicyclic) bond motifs is 1. The first-order valence-corrected chi connectivity index (χ1v) is 9.30. The van der Waals surface area contributed by atoms with E-state index in [2.05, 4.69) is 15.0 Å². The summed E-state index contributed by atoms with van der Waals surface area (Å²) in [6.07, 6.45) is -12.9. The first kappa shape index (κ1) is 24.0. The highest BCUT2D eigenvalue weighted by atomic mass is 16.6. The molecule has 0 unspecified atom stereocenters. The predicted molar refractivity (Wildman–Crippen MR) is 101 cm³/mol. The van der Waals surface area contributed by atoms with Crippen molar-refractivity contribution in [3.05, 3.63) is 16.7 Å². The largest absolute Gasteiger partial charge is 0.461 e. The van der Waals surface area contributed by atoms with Gasteiger partial charge in [-0.2, -0.15) is 4.98 Å². The van der Waals surface area contributed by atoms with Crippen molar-refractivity contribution in [1.29, 1.82) is 0 Å². The number of rotatable bonds is 8. The van der Waals surface area contributed by atoms with Crippen molar-refractivity contribution >= 4 is 23.1 Å². The van der Waals surface area contributed by atoms with E-state index in [9.17, 15) is 40.2 Å². The van der Waals surface area contributed by atoms with E-state index in [0.29, 0.717) is 0 Å². The zero-order valence-electron chi connectivity index (χ0n) is 16.3. The van der Waals surface area contributed by atoms with Gasteiger partial charge in [-0.3, -0.25) is 14.3 Å². The monoisotopic (exact) mass is 461 g/mol. The normalized spacial score (nSPS) is 27.2. The maximum Gasteiger partial charge on any atom is 0.337 e. The molecule has 1 aliphatic heterocycles. The number of carbonyl (C=O) groups is 1.